The first kappa shape index (κ1) is 36.1. The third-order valence-electron chi connectivity index (χ3n) is 8.91. The van der Waals surface area contributed by atoms with E-state index in [0.29, 0.717) is 25.0 Å². The van der Waals surface area contributed by atoms with E-state index < -0.39 is 0 Å². The Kier molecular flexibility index (Phi) is 14.4. The van der Waals surface area contributed by atoms with Crippen LogP contribution in [-0.2, 0) is 0 Å². The normalized spacial score (nSPS) is 18.8. The van der Waals surface area contributed by atoms with E-state index in [1.807, 2.05) is 0 Å². The lowest BCUT2D eigenvalue weighted by Gasteiger charge is -2.52. The summed E-state index contributed by atoms with van der Waals surface area (Å²) in [7, 11) is 0. The number of hydrogen-bond donors (Lipinski definition) is 4. The van der Waals surface area contributed by atoms with Crippen molar-refractivity contribution in [2.75, 3.05) is 48.3 Å². The van der Waals surface area contributed by atoms with Crippen LogP contribution in [0, 0.1) is 0 Å². The maximum atomic E-state index is 5.94. The van der Waals surface area contributed by atoms with E-state index in [9.17, 15) is 0 Å². The molecule has 1 aliphatic rings. The highest BCUT2D eigenvalue weighted by Crippen LogP contribution is 2.66. The van der Waals surface area contributed by atoms with E-state index >= 15 is 0 Å². The molecule has 2 aromatic carbocycles. The summed E-state index contributed by atoms with van der Waals surface area (Å²) in [5.74, 6) is 3.56. The van der Waals surface area contributed by atoms with Crippen LogP contribution in [0.5, 0.6) is 0 Å². The highest BCUT2D eigenvalue weighted by Gasteiger charge is 2.54. The van der Waals surface area contributed by atoms with Gasteiger partial charge in [0, 0.05) is 61.4 Å². The summed E-state index contributed by atoms with van der Waals surface area (Å²) >= 11 is 3.40. The average molecular weight is 685 g/mol. The van der Waals surface area contributed by atoms with Crippen molar-refractivity contribution in [2.24, 2.45) is 11.5 Å². The van der Waals surface area contributed by atoms with Crippen LogP contribution in [0.15, 0.2) is 82.8 Å². The molecule has 0 amide bonds. The zero-order chi connectivity index (χ0) is 33.6. The molecule has 10 heteroatoms. The predicted octanol–water partition coefficient (Wildman–Crippen LogP) is 8.02. The highest BCUT2D eigenvalue weighted by atomic mass is 32.2. The molecular formula is C38H52N8S2. The second kappa shape index (κ2) is 19.1. The first-order chi connectivity index (χ1) is 23.7. The minimum absolute atomic E-state index is 0.118. The molecule has 0 radical (unpaired) electrons. The van der Waals surface area contributed by atoms with Crippen LogP contribution in [0.4, 0.5) is 11.9 Å². The van der Waals surface area contributed by atoms with Crippen LogP contribution in [0.2, 0.25) is 0 Å². The molecule has 6 N–H and O–H groups in total. The molecular weight excluding hydrogens is 633 g/mol. The summed E-state index contributed by atoms with van der Waals surface area (Å²) in [6.07, 6.45) is 6.88. The van der Waals surface area contributed by atoms with Gasteiger partial charge in [-0.05, 0) is 36.1 Å². The molecule has 1 fully saturated rings. The monoisotopic (exact) mass is 684 g/mol. The van der Waals surface area contributed by atoms with E-state index in [4.69, 9.17) is 31.4 Å². The van der Waals surface area contributed by atoms with Crippen molar-refractivity contribution in [1.29, 1.82) is 0 Å². The number of hydrogen-bond acceptors (Lipinski definition) is 10. The Morgan fingerprint density at radius 1 is 0.562 bits per heavy atom. The third-order valence-corrected chi connectivity index (χ3v) is 10.8. The molecule has 2 aromatic heterocycles. The second-order valence-electron chi connectivity index (χ2n) is 12.4. The van der Waals surface area contributed by atoms with Crippen molar-refractivity contribution < 1.29 is 0 Å². The average Bonchev–Trinajstić information content (AvgIpc) is 3.11. The fourth-order valence-electron chi connectivity index (χ4n) is 6.67. The van der Waals surface area contributed by atoms with Gasteiger partial charge in [-0.25, -0.2) is 19.9 Å². The Hall–Kier alpha value is -3.18. The van der Waals surface area contributed by atoms with E-state index in [1.54, 1.807) is 23.5 Å². The Labute approximate surface area is 295 Å². The molecule has 0 aliphatic heterocycles. The summed E-state index contributed by atoms with van der Waals surface area (Å²) in [5.41, 5.74) is 16.6. The van der Waals surface area contributed by atoms with Crippen molar-refractivity contribution >= 4 is 35.4 Å². The van der Waals surface area contributed by atoms with Gasteiger partial charge >= 0.3 is 0 Å². The van der Waals surface area contributed by atoms with Crippen LogP contribution >= 0.6 is 23.5 Å². The highest BCUT2D eigenvalue weighted by molar-refractivity contribution is 7.99. The van der Waals surface area contributed by atoms with Gasteiger partial charge in [-0.3, -0.25) is 0 Å². The minimum atomic E-state index is 0.118. The molecule has 1 saturated carbocycles. The molecule has 2 heterocycles. The van der Waals surface area contributed by atoms with Crippen molar-refractivity contribution in [3.8, 4) is 0 Å². The van der Waals surface area contributed by atoms with Gasteiger partial charge in [0.2, 0.25) is 11.9 Å². The van der Waals surface area contributed by atoms with Gasteiger partial charge in [0.25, 0.3) is 0 Å². The molecule has 8 nitrogen and oxygen atoms in total. The molecule has 1 aliphatic carbocycles. The largest absolute Gasteiger partial charge is 0.354 e. The summed E-state index contributed by atoms with van der Waals surface area (Å²) in [5, 5.41) is 9.02. The van der Waals surface area contributed by atoms with Gasteiger partial charge in [-0.2, -0.15) is 0 Å². The number of rotatable bonds is 20. The van der Waals surface area contributed by atoms with Crippen molar-refractivity contribution in [2.45, 2.75) is 86.1 Å². The van der Waals surface area contributed by atoms with Crippen LogP contribution < -0.4 is 22.1 Å². The lowest BCUT2D eigenvalue weighted by molar-refractivity contribution is 0.219. The Balaban J connectivity index is 1.62. The SMILES string of the molecule is CCCCCNc1nc(SCCN)cc(C2[C@H](c3ccccc3)[C@H](c3cc(SCCN)nc(NCCCCC)n3)[C@H]2c2ccccc2)n1. The molecule has 0 spiro atoms. The predicted molar refractivity (Wildman–Crippen MR) is 203 cm³/mol. The fourth-order valence-corrected chi connectivity index (χ4v) is 8.04. The Morgan fingerprint density at radius 3 is 1.35 bits per heavy atom. The zero-order valence-electron chi connectivity index (χ0n) is 28.5. The topological polar surface area (TPSA) is 128 Å². The summed E-state index contributed by atoms with van der Waals surface area (Å²) in [4.78, 5) is 20.3. The molecule has 48 heavy (non-hydrogen) atoms. The molecule has 0 bridgehead atoms. The third kappa shape index (κ3) is 9.49. The summed E-state index contributed by atoms with van der Waals surface area (Å²) in [6.45, 7) is 7.36. The van der Waals surface area contributed by atoms with Crippen molar-refractivity contribution in [1.82, 2.24) is 19.9 Å². The fraction of sp³-hybridized carbons (Fsp3) is 0.474. The lowest BCUT2D eigenvalue weighted by atomic mass is 9.50. The van der Waals surface area contributed by atoms with Crippen molar-refractivity contribution in [3.63, 3.8) is 0 Å². The first-order valence-electron chi connectivity index (χ1n) is 17.7. The quantitative estimate of drug-likeness (QED) is 0.0413. The number of nitrogens with two attached hydrogens (primary N) is 2. The molecule has 4 aromatic rings. The number of unbranched alkanes of at least 4 members (excludes halogenated alkanes) is 4. The van der Waals surface area contributed by atoms with Crippen LogP contribution in [0.1, 0.15) is 98.6 Å². The lowest BCUT2D eigenvalue weighted by Crippen LogP contribution is -2.41. The maximum absolute atomic E-state index is 5.94. The Morgan fingerprint density at radius 2 is 0.979 bits per heavy atom. The van der Waals surface area contributed by atoms with Gasteiger partial charge in [0.15, 0.2) is 0 Å². The number of nitrogens with zero attached hydrogens (tertiary/aromatic N) is 4. The zero-order valence-corrected chi connectivity index (χ0v) is 30.1. The maximum Gasteiger partial charge on any atom is 0.223 e. The minimum Gasteiger partial charge on any atom is -0.354 e. The van der Waals surface area contributed by atoms with Gasteiger partial charge in [0.05, 0.1) is 11.4 Å². The summed E-state index contributed by atoms with van der Waals surface area (Å²) in [6, 6.07) is 26.2. The van der Waals surface area contributed by atoms with E-state index in [1.165, 1.54) is 36.8 Å². The molecule has 0 saturated heterocycles. The van der Waals surface area contributed by atoms with E-state index in [2.05, 4.69) is 97.3 Å². The van der Waals surface area contributed by atoms with Gasteiger partial charge in [-0.1, -0.05) is 100 Å². The van der Waals surface area contributed by atoms with E-state index in [-0.39, 0.29) is 23.7 Å². The molecule has 256 valence electrons. The van der Waals surface area contributed by atoms with Crippen molar-refractivity contribution in [3.05, 3.63) is 95.3 Å². The van der Waals surface area contributed by atoms with Gasteiger partial charge < -0.3 is 22.1 Å². The second-order valence-corrected chi connectivity index (χ2v) is 14.6. The summed E-state index contributed by atoms with van der Waals surface area (Å²) < 4.78 is 0. The number of nitrogens with one attached hydrogen (secondary N) is 2. The van der Waals surface area contributed by atoms with Crippen LogP contribution in [0.25, 0.3) is 0 Å². The molecule has 0 unspecified atom stereocenters. The standard InChI is InChI=1S/C38H52N8S2/c1-3-5-13-21-41-37-43-29(25-31(45-37)47-23-19-39)35-33(27-15-9-7-10-16-27)36(34(35)28-17-11-8-12-18-28)30-26-32(48-24-20-40)46-38(44-30)42-22-14-6-4-2/h7-12,15-18,25-26,33-36H,3-6,13-14,19-24,39-40H2,1-2H3,(H,41,43,45)(H,42,44,46)/t33-,34-,35-,36?/m1/s1. The number of anilines is 2. The molecule has 5 rings (SSSR count). The smallest absolute Gasteiger partial charge is 0.223 e. The molecule has 0 atom stereocenters. The van der Waals surface area contributed by atoms with Gasteiger partial charge in [0.1, 0.15) is 10.1 Å². The number of benzene rings is 2. The van der Waals surface area contributed by atoms with Crippen LogP contribution in [-0.4, -0.2) is 57.6 Å². The van der Waals surface area contributed by atoms with E-state index in [0.717, 1.165) is 58.9 Å². The van der Waals surface area contributed by atoms with Gasteiger partial charge in [-0.15, -0.1) is 23.5 Å². The van der Waals surface area contributed by atoms with Crippen LogP contribution in [0.3, 0.4) is 0 Å². The number of aromatic nitrogens is 4. The Bertz CT molecular complexity index is 1400. The number of thioether (sulfide) groups is 2. The first-order valence-corrected chi connectivity index (χ1v) is 19.6.